The summed E-state index contributed by atoms with van der Waals surface area (Å²) >= 11 is 5.89. The molecule has 1 fully saturated rings. The smallest absolute Gasteiger partial charge is 0.224 e. The van der Waals surface area contributed by atoms with Crippen LogP contribution in [0.2, 0.25) is 5.02 Å². The molecule has 2 unspecified atom stereocenters. The van der Waals surface area contributed by atoms with Crippen LogP contribution in [0.25, 0.3) is 0 Å². The molecule has 5 nitrogen and oxygen atoms in total. The van der Waals surface area contributed by atoms with Crippen LogP contribution in [0.3, 0.4) is 0 Å². The summed E-state index contributed by atoms with van der Waals surface area (Å²) in [6.07, 6.45) is 2.92. The molecule has 4 N–H and O–H groups in total. The van der Waals surface area contributed by atoms with Gasteiger partial charge in [0.25, 0.3) is 0 Å². The molecule has 0 saturated heterocycles. The van der Waals surface area contributed by atoms with Crippen LogP contribution in [-0.2, 0) is 11.2 Å². The van der Waals surface area contributed by atoms with Crippen molar-refractivity contribution in [2.24, 2.45) is 16.8 Å². The number of amidine groups is 1. The minimum Gasteiger partial charge on any atom is -0.409 e. The van der Waals surface area contributed by atoms with Crippen molar-refractivity contribution < 1.29 is 10.0 Å². The van der Waals surface area contributed by atoms with Gasteiger partial charge in [0.05, 0.1) is 6.42 Å². The number of carbonyl (C=O) groups is 1. The van der Waals surface area contributed by atoms with Gasteiger partial charge in [-0.05, 0) is 30.5 Å². The average molecular weight is 296 g/mol. The summed E-state index contributed by atoms with van der Waals surface area (Å²) in [6.45, 7) is 0. The van der Waals surface area contributed by atoms with Gasteiger partial charge in [0.1, 0.15) is 5.84 Å². The Bertz CT molecular complexity index is 519. The van der Waals surface area contributed by atoms with Gasteiger partial charge in [0.15, 0.2) is 0 Å². The molecule has 20 heavy (non-hydrogen) atoms. The molecular formula is C14H18ClN3O2. The average Bonchev–Trinajstić information content (AvgIpc) is 2.85. The molecule has 0 radical (unpaired) electrons. The van der Waals surface area contributed by atoms with Crippen molar-refractivity contribution in [2.45, 2.75) is 31.7 Å². The monoisotopic (exact) mass is 295 g/mol. The first-order chi connectivity index (χ1) is 9.60. The third kappa shape index (κ3) is 3.63. The highest BCUT2D eigenvalue weighted by Gasteiger charge is 2.31. The SMILES string of the molecule is NC(=NO)C1CCCC1NC(=O)Cc1cccc(Cl)c1. The van der Waals surface area contributed by atoms with Crippen LogP contribution in [-0.4, -0.2) is 23.0 Å². The Labute approximate surface area is 122 Å². The third-order valence-electron chi connectivity index (χ3n) is 3.61. The molecule has 108 valence electrons. The molecule has 1 amide bonds. The highest BCUT2D eigenvalue weighted by Crippen LogP contribution is 2.26. The highest BCUT2D eigenvalue weighted by atomic mass is 35.5. The van der Waals surface area contributed by atoms with E-state index in [9.17, 15) is 4.79 Å². The number of oxime groups is 1. The Morgan fingerprint density at radius 2 is 2.30 bits per heavy atom. The first kappa shape index (κ1) is 14.7. The van der Waals surface area contributed by atoms with Crippen LogP contribution in [0, 0.1) is 5.92 Å². The number of benzene rings is 1. The fourth-order valence-corrected chi connectivity index (χ4v) is 2.86. The third-order valence-corrected chi connectivity index (χ3v) is 3.85. The number of nitrogens with two attached hydrogens (primary N) is 1. The van der Waals surface area contributed by atoms with E-state index in [-0.39, 0.29) is 30.1 Å². The lowest BCUT2D eigenvalue weighted by atomic mass is 10.0. The molecule has 0 aliphatic heterocycles. The van der Waals surface area contributed by atoms with Crippen molar-refractivity contribution in [2.75, 3.05) is 0 Å². The molecule has 1 aromatic carbocycles. The largest absolute Gasteiger partial charge is 0.409 e. The number of hydrogen-bond acceptors (Lipinski definition) is 3. The minimum atomic E-state index is -0.0803. The van der Waals surface area contributed by atoms with E-state index in [0.717, 1.165) is 24.8 Å². The Morgan fingerprint density at radius 1 is 1.50 bits per heavy atom. The Hall–Kier alpha value is -1.75. The Balaban J connectivity index is 1.94. The maximum atomic E-state index is 12.0. The summed E-state index contributed by atoms with van der Waals surface area (Å²) in [4.78, 5) is 12.0. The van der Waals surface area contributed by atoms with E-state index >= 15 is 0 Å². The van der Waals surface area contributed by atoms with Crippen LogP contribution in [0.4, 0.5) is 0 Å². The van der Waals surface area contributed by atoms with Crippen molar-refractivity contribution in [1.29, 1.82) is 0 Å². The lowest BCUT2D eigenvalue weighted by Crippen LogP contribution is -2.43. The summed E-state index contributed by atoms with van der Waals surface area (Å²) in [5.74, 6) is 0.0359. The molecule has 0 heterocycles. The number of nitrogens with one attached hydrogen (secondary N) is 1. The van der Waals surface area contributed by atoms with Gasteiger partial charge in [0.2, 0.25) is 5.91 Å². The molecule has 1 aromatic rings. The van der Waals surface area contributed by atoms with E-state index < -0.39 is 0 Å². The summed E-state index contributed by atoms with van der Waals surface area (Å²) < 4.78 is 0. The first-order valence-electron chi connectivity index (χ1n) is 6.61. The zero-order valence-electron chi connectivity index (χ0n) is 11.1. The Morgan fingerprint density at radius 3 is 3.00 bits per heavy atom. The van der Waals surface area contributed by atoms with Crippen molar-refractivity contribution >= 4 is 23.3 Å². The standard InChI is InChI=1S/C14H18ClN3O2/c15-10-4-1-3-9(7-10)8-13(19)17-12-6-2-5-11(12)14(16)18-20/h1,3-4,7,11-12,20H,2,5-6,8H2,(H2,16,18)(H,17,19). The van der Waals surface area contributed by atoms with Crippen LogP contribution >= 0.6 is 11.6 Å². The second kappa shape index (κ2) is 6.61. The fourth-order valence-electron chi connectivity index (χ4n) is 2.65. The predicted molar refractivity (Wildman–Crippen MR) is 77.8 cm³/mol. The van der Waals surface area contributed by atoms with Crippen LogP contribution in [0.5, 0.6) is 0 Å². The van der Waals surface area contributed by atoms with Crippen LogP contribution in [0.15, 0.2) is 29.4 Å². The molecule has 1 saturated carbocycles. The minimum absolute atomic E-state index is 0.0578. The molecule has 0 bridgehead atoms. The second-order valence-electron chi connectivity index (χ2n) is 5.04. The molecule has 1 aliphatic carbocycles. The molecule has 1 aliphatic rings. The number of rotatable bonds is 4. The highest BCUT2D eigenvalue weighted by molar-refractivity contribution is 6.30. The summed E-state index contributed by atoms with van der Waals surface area (Å²) in [6, 6.07) is 7.17. The van der Waals surface area contributed by atoms with Gasteiger partial charge in [-0.2, -0.15) is 0 Å². The summed E-state index contributed by atoms with van der Waals surface area (Å²) in [5, 5.41) is 15.4. The van der Waals surface area contributed by atoms with Crippen molar-refractivity contribution in [3.8, 4) is 0 Å². The lowest BCUT2D eigenvalue weighted by molar-refractivity contribution is -0.121. The van der Waals surface area contributed by atoms with Gasteiger partial charge >= 0.3 is 0 Å². The lowest BCUT2D eigenvalue weighted by Gasteiger charge is -2.19. The molecule has 2 rings (SSSR count). The van der Waals surface area contributed by atoms with Gasteiger partial charge in [-0.25, -0.2) is 0 Å². The number of amides is 1. The van der Waals surface area contributed by atoms with Crippen molar-refractivity contribution in [1.82, 2.24) is 5.32 Å². The van der Waals surface area contributed by atoms with E-state index in [1.807, 2.05) is 12.1 Å². The van der Waals surface area contributed by atoms with Gasteiger partial charge in [-0.1, -0.05) is 35.3 Å². The fraction of sp³-hybridized carbons (Fsp3) is 0.429. The zero-order valence-corrected chi connectivity index (χ0v) is 11.8. The summed E-state index contributed by atoms with van der Waals surface area (Å²) in [7, 11) is 0. The molecule has 6 heteroatoms. The number of halogens is 1. The maximum absolute atomic E-state index is 12.0. The van der Waals surface area contributed by atoms with E-state index in [4.69, 9.17) is 22.5 Å². The maximum Gasteiger partial charge on any atom is 0.224 e. The predicted octanol–water partition coefficient (Wildman–Crippen LogP) is 1.91. The molecule has 0 aromatic heterocycles. The van der Waals surface area contributed by atoms with Crippen LogP contribution in [0.1, 0.15) is 24.8 Å². The number of hydrogen-bond donors (Lipinski definition) is 3. The van der Waals surface area contributed by atoms with Gasteiger partial charge in [0, 0.05) is 17.0 Å². The molecular weight excluding hydrogens is 278 g/mol. The number of carbonyl (C=O) groups excluding carboxylic acids is 1. The topological polar surface area (TPSA) is 87.7 Å². The number of nitrogens with zero attached hydrogens (tertiary/aromatic N) is 1. The van der Waals surface area contributed by atoms with E-state index in [2.05, 4.69) is 10.5 Å². The first-order valence-corrected chi connectivity index (χ1v) is 6.99. The summed E-state index contributed by atoms with van der Waals surface area (Å²) in [5.41, 5.74) is 6.52. The second-order valence-corrected chi connectivity index (χ2v) is 5.48. The van der Waals surface area contributed by atoms with Gasteiger partial charge in [-0.15, -0.1) is 0 Å². The molecule has 0 spiro atoms. The van der Waals surface area contributed by atoms with Crippen molar-refractivity contribution in [3.05, 3.63) is 34.9 Å². The van der Waals surface area contributed by atoms with Gasteiger partial charge in [-0.3, -0.25) is 4.79 Å². The van der Waals surface area contributed by atoms with Gasteiger partial charge < -0.3 is 16.3 Å². The van der Waals surface area contributed by atoms with Crippen LogP contribution < -0.4 is 11.1 Å². The quantitative estimate of drug-likeness (QED) is 0.343. The molecule has 2 atom stereocenters. The Kier molecular flexibility index (Phi) is 4.84. The van der Waals surface area contributed by atoms with E-state index in [1.54, 1.807) is 12.1 Å². The van der Waals surface area contributed by atoms with E-state index in [0.29, 0.717) is 5.02 Å². The zero-order chi connectivity index (χ0) is 14.5. The van der Waals surface area contributed by atoms with E-state index in [1.165, 1.54) is 0 Å². The normalized spacial score (nSPS) is 22.8. The van der Waals surface area contributed by atoms with Crippen molar-refractivity contribution in [3.63, 3.8) is 0 Å².